The maximum absolute atomic E-state index is 13.3. The highest BCUT2D eigenvalue weighted by Gasteiger charge is 2.51. The third kappa shape index (κ3) is 6.22. The van der Waals surface area contributed by atoms with Gasteiger partial charge in [-0.05, 0) is 70.4 Å². The van der Waals surface area contributed by atoms with E-state index < -0.39 is 11.5 Å². The number of allylic oxidation sites excluding steroid dienone is 6. The van der Waals surface area contributed by atoms with E-state index in [1.54, 1.807) is 0 Å². The van der Waals surface area contributed by atoms with E-state index in [-0.39, 0.29) is 36.0 Å². The molecule has 0 heterocycles. The van der Waals surface area contributed by atoms with Gasteiger partial charge in [-0.1, -0.05) is 43.2 Å². The summed E-state index contributed by atoms with van der Waals surface area (Å²) < 4.78 is 5.19. The Morgan fingerprint density at radius 2 is 1.84 bits per heavy atom. The molecule has 0 aliphatic heterocycles. The van der Waals surface area contributed by atoms with Crippen molar-refractivity contribution in [2.45, 2.75) is 86.2 Å². The normalized spacial score (nSPS) is 32.5. The van der Waals surface area contributed by atoms with Crippen molar-refractivity contribution in [2.24, 2.45) is 17.3 Å². The van der Waals surface area contributed by atoms with Gasteiger partial charge in [-0.3, -0.25) is 9.59 Å². The Bertz CT molecular complexity index is 844. The first-order valence-electron chi connectivity index (χ1n) is 11.7. The molecule has 0 unspecified atom stereocenters. The van der Waals surface area contributed by atoms with Crippen LogP contribution >= 0.6 is 0 Å². The first-order valence-corrected chi connectivity index (χ1v) is 11.7. The number of ether oxygens (including phenoxy) is 1. The van der Waals surface area contributed by atoms with Crippen LogP contribution in [0.25, 0.3) is 0 Å². The maximum Gasteiger partial charge on any atom is 0.302 e. The molecule has 178 valence electrons. The largest absolute Gasteiger partial charge is 0.504 e. The van der Waals surface area contributed by atoms with Gasteiger partial charge in [-0.25, -0.2) is 0 Å². The lowest BCUT2D eigenvalue weighted by Crippen LogP contribution is -2.32. The minimum absolute atomic E-state index is 0.125. The van der Waals surface area contributed by atoms with E-state index in [4.69, 9.17) is 4.74 Å². The van der Waals surface area contributed by atoms with Crippen LogP contribution in [0.4, 0.5) is 0 Å². The van der Waals surface area contributed by atoms with Gasteiger partial charge in [0, 0.05) is 24.2 Å². The van der Waals surface area contributed by atoms with Crippen molar-refractivity contribution in [1.29, 1.82) is 0 Å². The van der Waals surface area contributed by atoms with Crippen LogP contribution in [0.15, 0.2) is 46.3 Å². The second kappa shape index (κ2) is 11.1. The number of rotatable bonds is 3. The van der Waals surface area contributed by atoms with Gasteiger partial charge in [0.15, 0.2) is 5.76 Å². The number of aliphatic hydroxyl groups is 2. The number of fused-ring (bicyclic) bond motifs is 1. The fraction of sp³-hybridized carbons (Fsp3) is 0.630. The van der Waals surface area contributed by atoms with Crippen molar-refractivity contribution >= 4 is 11.8 Å². The fourth-order valence-electron chi connectivity index (χ4n) is 4.77. The van der Waals surface area contributed by atoms with Crippen molar-refractivity contribution in [3.63, 3.8) is 0 Å². The third-order valence-electron chi connectivity index (χ3n) is 7.14. The van der Waals surface area contributed by atoms with E-state index in [0.717, 1.165) is 24.8 Å². The molecule has 4 atom stereocenters. The van der Waals surface area contributed by atoms with E-state index in [9.17, 15) is 19.8 Å². The lowest BCUT2D eigenvalue weighted by Gasteiger charge is -2.32. The van der Waals surface area contributed by atoms with E-state index in [0.29, 0.717) is 24.8 Å². The molecule has 0 aromatic heterocycles. The van der Waals surface area contributed by atoms with Crippen LogP contribution in [0.5, 0.6) is 0 Å². The van der Waals surface area contributed by atoms with Crippen molar-refractivity contribution in [1.82, 2.24) is 0 Å². The average molecular weight is 445 g/mol. The summed E-state index contributed by atoms with van der Waals surface area (Å²) in [6, 6.07) is 0. The molecule has 0 saturated heterocycles. The van der Waals surface area contributed by atoms with Gasteiger partial charge in [-0.2, -0.15) is 0 Å². The van der Waals surface area contributed by atoms with Crippen molar-refractivity contribution in [2.75, 3.05) is 6.61 Å². The Morgan fingerprint density at radius 1 is 1.19 bits per heavy atom. The van der Waals surface area contributed by atoms with Crippen LogP contribution in [0.2, 0.25) is 0 Å². The maximum atomic E-state index is 13.3. The standard InChI is InChI=1S/C27H40O5/c1-17-8-7-9-18(2)14-15-27(6)22(12-11-19(3)23(29)13-10-17)24(25(30)26(27)31)20(4)16-32-21(5)28/h8,11,14,20,22-23,29-30H,7,9-10,12-13,15-16H2,1-6H3/b17-8-,18-14+,19-11?/t20-,22-,23+,27+/m1/s1. The van der Waals surface area contributed by atoms with Crippen LogP contribution in [0, 0.1) is 17.3 Å². The molecule has 2 N–H and O–H groups in total. The first-order chi connectivity index (χ1) is 15.0. The number of carbonyl (C=O) groups is 2. The molecule has 0 spiro atoms. The average Bonchev–Trinajstić information content (AvgIpc) is 2.92. The third-order valence-corrected chi connectivity index (χ3v) is 7.14. The van der Waals surface area contributed by atoms with Gasteiger partial charge >= 0.3 is 5.97 Å². The van der Waals surface area contributed by atoms with E-state index in [1.807, 2.05) is 26.8 Å². The van der Waals surface area contributed by atoms with Crippen LogP contribution in [0.1, 0.15) is 80.1 Å². The molecule has 2 aliphatic rings. The summed E-state index contributed by atoms with van der Waals surface area (Å²) in [4.78, 5) is 24.6. The summed E-state index contributed by atoms with van der Waals surface area (Å²) in [6.45, 7) is 11.4. The Balaban J connectivity index is 2.45. The molecule has 0 fully saturated rings. The number of carbonyl (C=O) groups excluding carboxylic acids is 2. The Kier molecular flexibility index (Phi) is 9.08. The smallest absolute Gasteiger partial charge is 0.302 e. The summed E-state index contributed by atoms with van der Waals surface area (Å²) in [6.07, 6.45) is 10.3. The van der Waals surface area contributed by atoms with Gasteiger partial charge < -0.3 is 14.9 Å². The molecule has 2 aliphatic carbocycles. The quantitative estimate of drug-likeness (QED) is 0.427. The lowest BCUT2D eigenvalue weighted by atomic mass is 9.70. The SMILES string of the molecule is CC(=O)OC[C@@H](C)C1=C(O)C(=O)[C@@]2(C)C/C=C(\C)CC/C=C(/C)CC[C@H](O)C(C)=CC[C@H]12. The molecule has 2 rings (SSSR count). The van der Waals surface area contributed by atoms with Gasteiger partial charge in [0.1, 0.15) is 0 Å². The van der Waals surface area contributed by atoms with Gasteiger partial charge in [0.05, 0.1) is 12.7 Å². The van der Waals surface area contributed by atoms with Gasteiger partial charge in [0.25, 0.3) is 0 Å². The van der Waals surface area contributed by atoms with E-state index in [2.05, 4.69) is 26.0 Å². The zero-order valence-corrected chi connectivity index (χ0v) is 20.5. The molecule has 0 saturated carbocycles. The Labute approximate surface area is 192 Å². The zero-order valence-electron chi connectivity index (χ0n) is 20.5. The highest BCUT2D eigenvalue weighted by atomic mass is 16.5. The lowest BCUT2D eigenvalue weighted by molar-refractivity contribution is -0.141. The molecular formula is C27H40O5. The van der Waals surface area contributed by atoms with Gasteiger partial charge in [0.2, 0.25) is 5.78 Å². The molecule has 0 aromatic rings. The summed E-state index contributed by atoms with van der Waals surface area (Å²) in [5.41, 5.74) is 3.27. The molecule has 5 heteroatoms. The van der Waals surface area contributed by atoms with Gasteiger partial charge in [-0.15, -0.1) is 0 Å². The molecule has 0 aromatic carbocycles. The van der Waals surface area contributed by atoms with Crippen LogP contribution in [-0.2, 0) is 14.3 Å². The number of ketones is 1. The number of esters is 1. The first kappa shape index (κ1) is 26.1. The number of hydrogen-bond acceptors (Lipinski definition) is 5. The second-order valence-corrected chi connectivity index (χ2v) is 9.89. The molecule has 0 bridgehead atoms. The summed E-state index contributed by atoms with van der Waals surface area (Å²) in [5, 5.41) is 21.5. The predicted molar refractivity (Wildman–Crippen MR) is 127 cm³/mol. The second-order valence-electron chi connectivity index (χ2n) is 9.89. The summed E-state index contributed by atoms with van der Waals surface area (Å²) in [7, 11) is 0. The van der Waals surface area contributed by atoms with Crippen molar-refractivity contribution in [3.05, 3.63) is 46.3 Å². The molecule has 32 heavy (non-hydrogen) atoms. The monoisotopic (exact) mass is 444 g/mol. The molecule has 0 radical (unpaired) electrons. The van der Waals surface area contributed by atoms with Crippen molar-refractivity contribution < 1.29 is 24.5 Å². The van der Waals surface area contributed by atoms with Crippen molar-refractivity contribution in [3.8, 4) is 0 Å². The van der Waals surface area contributed by atoms with Crippen LogP contribution in [-0.4, -0.2) is 34.7 Å². The Morgan fingerprint density at radius 3 is 2.50 bits per heavy atom. The summed E-state index contributed by atoms with van der Waals surface area (Å²) in [5.74, 6) is -1.31. The number of aliphatic hydroxyl groups excluding tert-OH is 2. The molecule has 5 nitrogen and oxygen atoms in total. The van der Waals surface area contributed by atoms with E-state index in [1.165, 1.54) is 18.1 Å². The highest BCUT2D eigenvalue weighted by molar-refractivity contribution is 6.02. The predicted octanol–water partition coefficient (Wildman–Crippen LogP) is 5.76. The summed E-state index contributed by atoms with van der Waals surface area (Å²) >= 11 is 0. The number of Topliss-reactive ketones (excluding diaryl/α,β-unsaturated/α-hetero) is 1. The van der Waals surface area contributed by atoms with Crippen LogP contribution in [0.3, 0.4) is 0 Å². The Hall–Kier alpha value is -2.14. The minimum Gasteiger partial charge on any atom is -0.504 e. The zero-order chi connectivity index (χ0) is 24.1. The number of hydrogen-bond donors (Lipinski definition) is 2. The molecular weight excluding hydrogens is 404 g/mol. The van der Waals surface area contributed by atoms with Crippen LogP contribution < -0.4 is 0 Å². The molecule has 0 amide bonds. The topological polar surface area (TPSA) is 83.8 Å². The fourth-order valence-corrected chi connectivity index (χ4v) is 4.77. The highest BCUT2D eigenvalue weighted by Crippen LogP contribution is 2.50. The minimum atomic E-state index is -0.779. The van der Waals surface area contributed by atoms with E-state index >= 15 is 0 Å².